The van der Waals surface area contributed by atoms with Crippen molar-refractivity contribution in [2.24, 2.45) is 0 Å². The monoisotopic (exact) mass is 715 g/mol. The van der Waals surface area contributed by atoms with Crippen LogP contribution in [0.15, 0.2) is 200 Å². The fourth-order valence-corrected chi connectivity index (χ4v) is 8.18. The van der Waals surface area contributed by atoms with Crippen molar-refractivity contribution in [1.29, 1.82) is 0 Å². The fraction of sp³-hybridized carbons (Fsp3) is 0. The van der Waals surface area contributed by atoms with E-state index in [9.17, 15) is 0 Å². The minimum absolute atomic E-state index is 0.614. The highest BCUT2D eigenvalue weighted by atomic mass is 15.0. The predicted octanol–water partition coefficient (Wildman–Crippen LogP) is 12.7. The molecule has 8 aromatic carbocycles. The summed E-state index contributed by atoms with van der Waals surface area (Å²) in [6.45, 7) is 0. The Labute approximate surface area is 323 Å². The first kappa shape index (κ1) is 31.9. The average molecular weight is 716 g/mol. The Morgan fingerprint density at radius 3 is 1.16 bits per heavy atom. The molecule has 0 radical (unpaired) electrons. The fourth-order valence-electron chi connectivity index (χ4n) is 8.18. The van der Waals surface area contributed by atoms with Crippen molar-refractivity contribution in [3.63, 3.8) is 0 Å². The highest BCUT2D eigenvalue weighted by molar-refractivity contribution is 6.12. The van der Waals surface area contributed by atoms with E-state index in [-0.39, 0.29) is 0 Å². The summed E-state index contributed by atoms with van der Waals surface area (Å²) < 4.78 is 4.79. The van der Waals surface area contributed by atoms with E-state index in [2.05, 4.69) is 149 Å². The number of hydrogen-bond donors (Lipinski definition) is 0. The quantitative estimate of drug-likeness (QED) is 0.172. The van der Waals surface area contributed by atoms with Crippen molar-refractivity contribution in [3.05, 3.63) is 200 Å². The van der Waals surface area contributed by atoms with Crippen molar-refractivity contribution in [1.82, 2.24) is 24.1 Å². The largest absolute Gasteiger partial charge is 0.309 e. The molecule has 0 aliphatic carbocycles. The highest BCUT2D eigenvalue weighted by Crippen LogP contribution is 2.39. The summed E-state index contributed by atoms with van der Waals surface area (Å²) in [6, 6.07) is 70.5. The van der Waals surface area contributed by atoms with Crippen LogP contribution in [0.25, 0.3) is 100 Å². The third-order valence-electron chi connectivity index (χ3n) is 10.7. The van der Waals surface area contributed by atoms with Crippen molar-refractivity contribution in [3.8, 4) is 56.7 Å². The molecule has 0 N–H and O–H groups in total. The molecule has 0 unspecified atom stereocenters. The highest BCUT2D eigenvalue weighted by Gasteiger charge is 2.19. The molecule has 0 amide bonds. The molecule has 5 nitrogen and oxygen atoms in total. The maximum atomic E-state index is 5.15. The topological polar surface area (TPSA) is 48.5 Å². The van der Waals surface area contributed by atoms with Gasteiger partial charge in [0.05, 0.1) is 22.1 Å². The lowest BCUT2D eigenvalue weighted by Gasteiger charge is -2.15. The lowest BCUT2D eigenvalue weighted by Crippen LogP contribution is -2.02. The molecule has 11 aromatic rings. The Morgan fingerprint density at radius 2 is 0.643 bits per heavy atom. The first-order valence-electron chi connectivity index (χ1n) is 18.9. The van der Waals surface area contributed by atoms with Gasteiger partial charge < -0.3 is 9.13 Å². The van der Waals surface area contributed by atoms with Crippen molar-refractivity contribution in [2.75, 3.05) is 0 Å². The van der Waals surface area contributed by atoms with Crippen LogP contribution in [0.1, 0.15) is 0 Å². The van der Waals surface area contributed by atoms with E-state index in [0.29, 0.717) is 17.5 Å². The van der Waals surface area contributed by atoms with Crippen LogP contribution in [0.5, 0.6) is 0 Å². The Morgan fingerprint density at radius 1 is 0.250 bits per heavy atom. The van der Waals surface area contributed by atoms with Gasteiger partial charge in [-0.25, -0.2) is 15.0 Å². The number of nitrogens with zero attached hydrogens (tertiary/aromatic N) is 5. The van der Waals surface area contributed by atoms with Crippen LogP contribution in [-0.4, -0.2) is 24.1 Å². The Balaban J connectivity index is 1.19. The molecule has 56 heavy (non-hydrogen) atoms. The lowest BCUT2D eigenvalue weighted by atomic mass is 10.0. The molecule has 11 rings (SSSR count). The normalized spacial score (nSPS) is 11.6. The second-order valence-electron chi connectivity index (χ2n) is 14.1. The van der Waals surface area contributed by atoms with Gasteiger partial charge in [0.25, 0.3) is 0 Å². The van der Waals surface area contributed by atoms with Crippen LogP contribution in [-0.2, 0) is 0 Å². The first-order chi connectivity index (χ1) is 27.8. The van der Waals surface area contributed by atoms with Crippen molar-refractivity contribution >= 4 is 43.6 Å². The number of fused-ring (bicyclic) bond motifs is 6. The molecule has 0 saturated heterocycles. The zero-order valence-corrected chi connectivity index (χ0v) is 30.3. The van der Waals surface area contributed by atoms with E-state index < -0.39 is 0 Å². The summed E-state index contributed by atoms with van der Waals surface area (Å²) >= 11 is 0. The van der Waals surface area contributed by atoms with Gasteiger partial charge in [-0.15, -0.1) is 0 Å². The lowest BCUT2D eigenvalue weighted by molar-refractivity contribution is 1.07. The van der Waals surface area contributed by atoms with Crippen LogP contribution >= 0.6 is 0 Å². The summed E-state index contributed by atoms with van der Waals surface area (Å²) in [4.78, 5) is 15.3. The Bertz CT molecular complexity index is 3120. The van der Waals surface area contributed by atoms with E-state index in [4.69, 9.17) is 15.0 Å². The Kier molecular flexibility index (Phi) is 7.42. The number of rotatable bonds is 6. The van der Waals surface area contributed by atoms with Crippen molar-refractivity contribution < 1.29 is 0 Å². The maximum absolute atomic E-state index is 5.15. The second kappa shape index (κ2) is 13.0. The molecule has 0 aliphatic rings. The molecule has 5 heteroatoms. The van der Waals surface area contributed by atoms with Gasteiger partial charge in [-0.1, -0.05) is 152 Å². The summed E-state index contributed by atoms with van der Waals surface area (Å²) in [6.07, 6.45) is 0. The third-order valence-corrected chi connectivity index (χ3v) is 10.7. The van der Waals surface area contributed by atoms with Gasteiger partial charge in [0.2, 0.25) is 0 Å². The van der Waals surface area contributed by atoms with Crippen LogP contribution in [0.3, 0.4) is 0 Å². The molecule has 0 atom stereocenters. The van der Waals surface area contributed by atoms with Gasteiger partial charge in [0.1, 0.15) is 0 Å². The molecule has 262 valence electrons. The molecule has 0 saturated carbocycles. The number of aromatic nitrogens is 5. The van der Waals surface area contributed by atoms with Crippen LogP contribution in [0.4, 0.5) is 0 Å². The van der Waals surface area contributed by atoms with E-state index in [1.54, 1.807) is 0 Å². The van der Waals surface area contributed by atoms with Crippen molar-refractivity contribution in [2.45, 2.75) is 0 Å². The van der Waals surface area contributed by atoms with E-state index >= 15 is 0 Å². The third kappa shape index (κ3) is 5.29. The number of benzene rings is 8. The summed E-state index contributed by atoms with van der Waals surface area (Å²) in [5.74, 6) is 1.88. The summed E-state index contributed by atoms with van der Waals surface area (Å²) in [5, 5.41) is 4.87. The molecular weight excluding hydrogens is 683 g/mol. The Hall–Kier alpha value is -7.63. The second-order valence-corrected chi connectivity index (χ2v) is 14.1. The molecule has 3 aromatic heterocycles. The molecule has 3 heterocycles. The van der Waals surface area contributed by atoms with Gasteiger partial charge in [-0.05, 0) is 59.7 Å². The standard InChI is InChI=1S/C51H33N5/c1-4-16-34(17-5-1)37-30-38(51-53-49(35-18-6-2-7-19-35)52-50(54-51)36-20-8-3-9-21-36)32-40(31-37)56-47-27-15-12-24-43(47)44-29-28-39(33-48(44)56)55-45-25-13-10-22-41(45)42-23-11-14-26-46(42)55/h1-33H. The van der Waals surface area contributed by atoms with E-state index in [1.807, 2.05) is 60.7 Å². The molecule has 0 spiro atoms. The first-order valence-corrected chi connectivity index (χ1v) is 18.9. The van der Waals surface area contributed by atoms with Crippen LogP contribution < -0.4 is 0 Å². The minimum Gasteiger partial charge on any atom is -0.309 e. The minimum atomic E-state index is 0.614. The van der Waals surface area contributed by atoms with Gasteiger partial charge in [0, 0.05) is 49.6 Å². The van der Waals surface area contributed by atoms with Gasteiger partial charge in [-0.2, -0.15) is 0 Å². The van der Waals surface area contributed by atoms with E-state index in [0.717, 1.165) is 50.2 Å². The molecule has 0 fully saturated rings. The predicted molar refractivity (Wildman–Crippen MR) is 230 cm³/mol. The van der Waals surface area contributed by atoms with E-state index in [1.165, 1.54) is 32.6 Å². The number of para-hydroxylation sites is 3. The summed E-state index contributed by atoms with van der Waals surface area (Å²) in [7, 11) is 0. The van der Waals surface area contributed by atoms with Gasteiger partial charge >= 0.3 is 0 Å². The smallest absolute Gasteiger partial charge is 0.164 e. The number of hydrogen-bond acceptors (Lipinski definition) is 3. The molecular formula is C51H33N5. The maximum Gasteiger partial charge on any atom is 0.164 e. The van der Waals surface area contributed by atoms with Gasteiger partial charge in [0.15, 0.2) is 17.5 Å². The summed E-state index contributed by atoms with van der Waals surface area (Å²) in [5.41, 5.74) is 11.7. The SMILES string of the molecule is c1ccc(-c2cc(-c3nc(-c4ccccc4)nc(-c4ccccc4)n3)cc(-n3c4ccccc4c4ccc(-n5c6ccccc6c6ccccc65)cc43)c2)cc1. The zero-order valence-electron chi connectivity index (χ0n) is 30.3. The van der Waals surface area contributed by atoms with Crippen LogP contribution in [0, 0.1) is 0 Å². The zero-order chi connectivity index (χ0) is 37.0. The average Bonchev–Trinajstić information content (AvgIpc) is 3.79. The molecule has 0 aliphatic heterocycles. The van der Waals surface area contributed by atoms with Crippen LogP contribution in [0.2, 0.25) is 0 Å². The molecule has 0 bridgehead atoms. The van der Waals surface area contributed by atoms with Gasteiger partial charge in [-0.3, -0.25) is 0 Å².